The van der Waals surface area contributed by atoms with Crippen molar-refractivity contribution in [3.63, 3.8) is 0 Å². The summed E-state index contributed by atoms with van der Waals surface area (Å²) < 4.78 is 0. The average molecular weight is 199 g/mol. The molecule has 0 bridgehead atoms. The highest BCUT2D eigenvalue weighted by atomic mass is 16.3. The average Bonchev–Trinajstić information content (AvgIpc) is 2.28. The minimum atomic E-state index is -0.337. The highest BCUT2D eigenvalue weighted by Gasteiger charge is 2.11. The molecule has 0 heterocycles. The van der Waals surface area contributed by atoms with E-state index in [2.05, 4.69) is 6.58 Å². The van der Waals surface area contributed by atoms with Crippen LogP contribution in [0.3, 0.4) is 0 Å². The van der Waals surface area contributed by atoms with Crippen molar-refractivity contribution in [1.29, 1.82) is 0 Å². The van der Waals surface area contributed by atoms with Crippen molar-refractivity contribution in [2.75, 3.05) is 0 Å². The maximum atomic E-state index is 9.78. The van der Waals surface area contributed by atoms with Crippen LogP contribution in [-0.4, -0.2) is 5.11 Å². The lowest BCUT2D eigenvalue weighted by Crippen LogP contribution is -2.07. The summed E-state index contributed by atoms with van der Waals surface area (Å²) in [6.07, 6.45) is 1.63. The third-order valence-electron chi connectivity index (χ3n) is 2.53. The Labute approximate surface area is 88.7 Å². The van der Waals surface area contributed by atoms with Crippen molar-refractivity contribution in [3.8, 4) is 5.75 Å². The van der Waals surface area contributed by atoms with Crippen molar-refractivity contribution < 1.29 is 5.11 Å². The molecule has 0 aliphatic heterocycles. The first-order valence-electron chi connectivity index (χ1n) is 4.83. The third-order valence-corrected chi connectivity index (χ3v) is 2.53. The molecule has 2 heteroatoms. The summed E-state index contributed by atoms with van der Waals surface area (Å²) in [6, 6.07) is 11.0. The third kappa shape index (κ3) is 1.60. The Morgan fingerprint density at radius 3 is 2.67 bits per heavy atom. The van der Waals surface area contributed by atoms with Gasteiger partial charge in [0.25, 0.3) is 0 Å². The van der Waals surface area contributed by atoms with E-state index < -0.39 is 0 Å². The molecule has 0 spiro atoms. The van der Waals surface area contributed by atoms with Crippen LogP contribution in [0.4, 0.5) is 0 Å². The van der Waals surface area contributed by atoms with E-state index in [0.29, 0.717) is 0 Å². The fraction of sp³-hybridized carbons (Fsp3) is 0.0769. The minimum absolute atomic E-state index is 0.223. The molecule has 3 N–H and O–H groups in total. The zero-order valence-corrected chi connectivity index (χ0v) is 8.35. The molecule has 0 unspecified atom stereocenters. The Bertz CT molecular complexity index is 505. The first-order valence-corrected chi connectivity index (χ1v) is 4.83. The Morgan fingerprint density at radius 2 is 1.93 bits per heavy atom. The smallest absolute Gasteiger partial charge is 0.121 e. The lowest BCUT2D eigenvalue weighted by atomic mass is 9.98. The molecule has 2 aromatic carbocycles. The Morgan fingerprint density at radius 1 is 1.20 bits per heavy atom. The second-order valence-electron chi connectivity index (χ2n) is 3.48. The standard InChI is InChI=1S/C13H13NO/c1-2-11(14)13-10-6-4-3-5-9(10)7-8-12(13)15/h2-8,11,15H,1,14H2/t11-/m1/s1. The highest BCUT2D eigenvalue weighted by Crippen LogP contribution is 2.31. The van der Waals surface area contributed by atoms with Crippen LogP contribution in [0, 0.1) is 0 Å². The number of aromatic hydroxyl groups is 1. The van der Waals surface area contributed by atoms with Crippen LogP contribution in [0.1, 0.15) is 11.6 Å². The van der Waals surface area contributed by atoms with E-state index in [4.69, 9.17) is 5.73 Å². The quantitative estimate of drug-likeness (QED) is 0.730. The Kier molecular flexibility index (Phi) is 2.44. The minimum Gasteiger partial charge on any atom is -0.508 e. The lowest BCUT2D eigenvalue weighted by Gasteiger charge is -2.12. The number of fused-ring (bicyclic) bond motifs is 1. The largest absolute Gasteiger partial charge is 0.508 e. The second kappa shape index (κ2) is 3.75. The van der Waals surface area contributed by atoms with Crippen LogP contribution in [0.25, 0.3) is 10.8 Å². The van der Waals surface area contributed by atoms with E-state index in [1.54, 1.807) is 12.1 Å². The molecule has 0 aliphatic rings. The summed E-state index contributed by atoms with van der Waals surface area (Å²) in [6.45, 7) is 3.65. The maximum absolute atomic E-state index is 9.78. The molecule has 15 heavy (non-hydrogen) atoms. The summed E-state index contributed by atoms with van der Waals surface area (Å²) in [5.41, 5.74) is 6.62. The fourth-order valence-corrected chi connectivity index (χ4v) is 1.75. The molecule has 0 aromatic heterocycles. The number of phenolic OH excluding ortho intramolecular Hbond substituents is 1. The zero-order valence-electron chi connectivity index (χ0n) is 8.35. The van der Waals surface area contributed by atoms with Gasteiger partial charge >= 0.3 is 0 Å². The molecule has 0 radical (unpaired) electrons. The summed E-state index contributed by atoms with van der Waals surface area (Å²) in [5.74, 6) is 0.223. The van der Waals surface area contributed by atoms with Gasteiger partial charge in [-0.1, -0.05) is 36.4 Å². The van der Waals surface area contributed by atoms with Crippen molar-refractivity contribution in [2.45, 2.75) is 6.04 Å². The Balaban J connectivity index is 2.79. The van der Waals surface area contributed by atoms with Gasteiger partial charge in [0.15, 0.2) is 0 Å². The number of rotatable bonds is 2. The van der Waals surface area contributed by atoms with Gasteiger partial charge in [-0.2, -0.15) is 0 Å². The molecule has 0 aliphatic carbocycles. The molecular weight excluding hydrogens is 186 g/mol. The molecule has 1 atom stereocenters. The topological polar surface area (TPSA) is 46.2 Å². The van der Waals surface area contributed by atoms with Gasteiger partial charge in [-0.15, -0.1) is 6.58 Å². The fourth-order valence-electron chi connectivity index (χ4n) is 1.75. The Hall–Kier alpha value is -1.80. The predicted molar refractivity (Wildman–Crippen MR) is 62.7 cm³/mol. The van der Waals surface area contributed by atoms with E-state index in [1.165, 1.54) is 0 Å². The second-order valence-corrected chi connectivity index (χ2v) is 3.48. The van der Waals surface area contributed by atoms with E-state index in [-0.39, 0.29) is 11.8 Å². The van der Waals surface area contributed by atoms with Crippen LogP contribution in [-0.2, 0) is 0 Å². The van der Waals surface area contributed by atoms with Crippen LogP contribution in [0.15, 0.2) is 49.1 Å². The molecule has 2 rings (SSSR count). The van der Waals surface area contributed by atoms with Gasteiger partial charge in [0.1, 0.15) is 5.75 Å². The van der Waals surface area contributed by atoms with Crippen molar-refractivity contribution in [1.82, 2.24) is 0 Å². The van der Waals surface area contributed by atoms with Crippen LogP contribution < -0.4 is 5.73 Å². The van der Waals surface area contributed by atoms with Gasteiger partial charge < -0.3 is 10.8 Å². The van der Waals surface area contributed by atoms with Crippen molar-refractivity contribution in [3.05, 3.63) is 54.6 Å². The highest BCUT2D eigenvalue weighted by molar-refractivity contribution is 5.88. The van der Waals surface area contributed by atoms with Gasteiger partial charge in [0, 0.05) is 5.56 Å². The van der Waals surface area contributed by atoms with E-state index in [9.17, 15) is 5.11 Å². The van der Waals surface area contributed by atoms with Crippen LogP contribution in [0.5, 0.6) is 5.75 Å². The molecule has 2 aromatic rings. The summed E-state index contributed by atoms with van der Waals surface area (Å²) in [4.78, 5) is 0. The van der Waals surface area contributed by atoms with Gasteiger partial charge in [0.05, 0.1) is 6.04 Å². The SMILES string of the molecule is C=C[C@@H](N)c1c(O)ccc2ccccc12. The molecule has 0 fully saturated rings. The monoisotopic (exact) mass is 199 g/mol. The summed E-state index contributed by atoms with van der Waals surface area (Å²) in [5, 5.41) is 11.8. The van der Waals surface area contributed by atoms with Crippen LogP contribution >= 0.6 is 0 Å². The number of hydrogen-bond acceptors (Lipinski definition) is 2. The van der Waals surface area contributed by atoms with Gasteiger partial charge in [-0.25, -0.2) is 0 Å². The van der Waals surface area contributed by atoms with Crippen molar-refractivity contribution in [2.24, 2.45) is 5.73 Å². The molecule has 0 amide bonds. The summed E-state index contributed by atoms with van der Waals surface area (Å²) in [7, 11) is 0. The van der Waals surface area contributed by atoms with E-state index in [1.807, 2.05) is 30.3 Å². The number of nitrogens with two attached hydrogens (primary N) is 1. The maximum Gasteiger partial charge on any atom is 0.121 e. The van der Waals surface area contributed by atoms with Crippen molar-refractivity contribution >= 4 is 10.8 Å². The molecule has 76 valence electrons. The van der Waals surface area contributed by atoms with Gasteiger partial charge in [-0.3, -0.25) is 0 Å². The number of phenols is 1. The predicted octanol–water partition coefficient (Wildman–Crippen LogP) is 2.73. The van der Waals surface area contributed by atoms with E-state index >= 15 is 0 Å². The molecule has 0 saturated heterocycles. The normalized spacial score (nSPS) is 12.6. The lowest BCUT2D eigenvalue weighted by molar-refractivity contribution is 0.467. The first-order chi connectivity index (χ1) is 7.24. The van der Waals surface area contributed by atoms with E-state index in [0.717, 1.165) is 16.3 Å². The van der Waals surface area contributed by atoms with Gasteiger partial charge in [-0.05, 0) is 16.8 Å². The molecule has 0 saturated carbocycles. The first kappa shape index (κ1) is 9.74. The summed E-state index contributed by atoms with van der Waals surface area (Å²) >= 11 is 0. The molecule has 2 nitrogen and oxygen atoms in total. The van der Waals surface area contributed by atoms with Gasteiger partial charge in [0.2, 0.25) is 0 Å². The number of benzene rings is 2. The molecular formula is C13H13NO. The zero-order chi connectivity index (χ0) is 10.8. The number of hydrogen-bond donors (Lipinski definition) is 2. The van der Waals surface area contributed by atoms with Crippen LogP contribution in [0.2, 0.25) is 0 Å².